The molecule has 74 valence electrons. The molecule has 0 saturated carbocycles. The van der Waals surface area contributed by atoms with E-state index in [1.807, 2.05) is 37.3 Å². The Morgan fingerprint density at radius 2 is 2.00 bits per heavy atom. The van der Waals surface area contributed by atoms with Gasteiger partial charge in [-0.25, -0.2) is 0 Å². The molecule has 1 aromatic rings. The summed E-state index contributed by atoms with van der Waals surface area (Å²) in [5.41, 5.74) is 1.17. The van der Waals surface area contributed by atoms with Crippen molar-refractivity contribution in [3.8, 4) is 5.75 Å². The van der Waals surface area contributed by atoms with Crippen LogP contribution in [-0.4, -0.2) is 12.9 Å². The second-order valence-electron chi connectivity index (χ2n) is 2.85. The van der Waals surface area contributed by atoms with E-state index in [0.29, 0.717) is 6.61 Å². The van der Waals surface area contributed by atoms with Crippen molar-refractivity contribution in [1.82, 2.24) is 0 Å². The Labute approximate surface area is 84.2 Å². The molecule has 0 amide bonds. The predicted octanol–water partition coefficient (Wildman–Crippen LogP) is 2.38. The number of rotatable bonds is 5. The number of aldehydes is 1. The van der Waals surface area contributed by atoms with Gasteiger partial charge in [0.2, 0.25) is 0 Å². The minimum atomic E-state index is 0.685. The lowest BCUT2D eigenvalue weighted by Crippen LogP contribution is -1.91. The molecule has 0 saturated heterocycles. The molecular weight excluding hydrogens is 176 g/mol. The van der Waals surface area contributed by atoms with E-state index in [1.54, 1.807) is 0 Å². The monoisotopic (exact) mass is 190 g/mol. The summed E-state index contributed by atoms with van der Waals surface area (Å²) in [6, 6.07) is 7.88. The highest BCUT2D eigenvalue weighted by Crippen LogP contribution is 2.12. The van der Waals surface area contributed by atoms with Crippen LogP contribution in [0.25, 0.3) is 0 Å². The van der Waals surface area contributed by atoms with Crippen molar-refractivity contribution in [1.29, 1.82) is 0 Å². The summed E-state index contributed by atoms with van der Waals surface area (Å²) in [5, 5.41) is 0. The van der Waals surface area contributed by atoms with E-state index < -0.39 is 0 Å². The maximum absolute atomic E-state index is 10.0. The Bertz CT molecular complexity index is 299. The lowest BCUT2D eigenvalue weighted by atomic mass is 10.1. The third-order valence-corrected chi connectivity index (χ3v) is 1.80. The molecule has 0 heterocycles. The Hall–Kier alpha value is -1.57. The van der Waals surface area contributed by atoms with Crippen molar-refractivity contribution < 1.29 is 9.53 Å². The van der Waals surface area contributed by atoms with Crippen LogP contribution < -0.4 is 4.74 Å². The van der Waals surface area contributed by atoms with Crippen LogP contribution in [0, 0.1) is 0 Å². The van der Waals surface area contributed by atoms with Crippen LogP contribution >= 0.6 is 0 Å². The second kappa shape index (κ2) is 5.97. The first-order valence-corrected chi connectivity index (χ1v) is 4.69. The van der Waals surface area contributed by atoms with E-state index in [9.17, 15) is 4.79 Å². The van der Waals surface area contributed by atoms with E-state index in [4.69, 9.17) is 4.74 Å². The summed E-state index contributed by atoms with van der Waals surface area (Å²) < 4.78 is 5.31. The summed E-state index contributed by atoms with van der Waals surface area (Å²) in [4.78, 5) is 10.0. The number of carbonyl (C=O) groups excluding carboxylic acids is 1. The van der Waals surface area contributed by atoms with Crippen LogP contribution in [0.3, 0.4) is 0 Å². The van der Waals surface area contributed by atoms with Gasteiger partial charge in [0.25, 0.3) is 0 Å². The average Bonchev–Trinajstić information content (AvgIpc) is 2.21. The summed E-state index contributed by atoms with van der Waals surface area (Å²) >= 11 is 0. The fraction of sp³-hybridized carbons (Fsp3) is 0.250. The fourth-order valence-corrected chi connectivity index (χ4v) is 1.15. The van der Waals surface area contributed by atoms with E-state index in [1.165, 1.54) is 11.6 Å². The Balaban J connectivity index is 2.54. The Morgan fingerprint density at radius 1 is 1.29 bits per heavy atom. The highest BCUT2D eigenvalue weighted by atomic mass is 16.5. The molecule has 14 heavy (non-hydrogen) atoms. The number of hydrogen-bond acceptors (Lipinski definition) is 2. The van der Waals surface area contributed by atoms with Crippen molar-refractivity contribution in [3.05, 3.63) is 42.0 Å². The van der Waals surface area contributed by atoms with Gasteiger partial charge in [0.05, 0.1) is 6.61 Å². The first-order valence-electron chi connectivity index (χ1n) is 4.69. The lowest BCUT2D eigenvalue weighted by Gasteiger charge is -2.02. The maximum atomic E-state index is 10.0. The van der Waals surface area contributed by atoms with Gasteiger partial charge < -0.3 is 4.74 Å². The lowest BCUT2D eigenvalue weighted by molar-refractivity contribution is -0.104. The highest BCUT2D eigenvalue weighted by molar-refractivity contribution is 5.64. The molecule has 2 heteroatoms. The smallest absolute Gasteiger partial charge is 0.142 e. The van der Waals surface area contributed by atoms with Crippen molar-refractivity contribution >= 4 is 6.29 Å². The SMILES string of the molecule is CCOc1ccc(CC=CC=O)cc1. The van der Waals surface area contributed by atoms with Gasteiger partial charge in [0.15, 0.2) is 0 Å². The molecule has 0 aliphatic rings. The van der Waals surface area contributed by atoms with Gasteiger partial charge in [0.1, 0.15) is 12.0 Å². The number of hydrogen-bond donors (Lipinski definition) is 0. The quantitative estimate of drug-likeness (QED) is 0.526. The Kier molecular flexibility index (Phi) is 4.48. The molecule has 0 radical (unpaired) electrons. The molecule has 1 aromatic carbocycles. The summed E-state index contributed by atoms with van der Waals surface area (Å²) in [7, 11) is 0. The van der Waals surface area contributed by atoms with Gasteiger partial charge in [-0.2, -0.15) is 0 Å². The summed E-state index contributed by atoms with van der Waals surface area (Å²) in [6.45, 7) is 2.64. The van der Waals surface area contributed by atoms with E-state index in [0.717, 1.165) is 18.5 Å². The molecule has 0 aliphatic carbocycles. The second-order valence-corrected chi connectivity index (χ2v) is 2.85. The van der Waals surface area contributed by atoms with E-state index in [-0.39, 0.29) is 0 Å². The minimum absolute atomic E-state index is 0.685. The zero-order valence-corrected chi connectivity index (χ0v) is 8.27. The molecule has 0 atom stereocenters. The average molecular weight is 190 g/mol. The third kappa shape index (κ3) is 3.44. The van der Waals surface area contributed by atoms with Crippen molar-refractivity contribution in [2.45, 2.75) is 13.3 Å². The van der Waals surface area contributed by atoms with E-state index in [2.05, 4.69) is 0 Å². The number of carbonyl (C=O) groups is 1. The van der Waals surface area contributed by atoms with Crippen molar-refractivity contribution in [2.24, 2.45) is 0 Å². The summed E-state index contributed by atoms with van der Waals surface area (Å²) in [5.74, 6) is 0.885. The summed E-state index contributed by atoms with van der Waals surface area (Å²) in [6.07, 6.45) is 4.92. The Morgan fingerprint density at radius 3 is 2.57 bits per heavy atom. The van der Waals surface area contributed by atoms with Crippen molar-refractivity contribution in [2.75, 3.05) is 6.61 Å². The zero-order valence-electron chi connectivity index (χ0n) is 8.27. The standard InChI is InChI=1S/C12H14O2/c1-2-14-12-8-6-11(7-9-12)5-3-4-10-13/h3-4,6-10H,2,5H2,1H3. The van der Waals surface area contributed by atoms with Gasteiger partial charge in [-0.3, -0.25) is 4.79 Å². The molecule has 0 bridgehead atoms. The molecule has 0 fully saturated rings. The molecule has 0 unspecified atom stereocenters. The molecule has 0 aliphatic heterocycles. The minimum Gasteiger partial charge on any atom is -0.494 e. The van der Waals surface area contributed by atoms with Crippen LogP contribution in [0.1, 0.15) is 12.5 Å². The predicted molar refractivity (Wildman–Crippen MR) is 56.5 cm³/mol. The van der Waals surface area contributed by atoms with Gasteiger partial charge in [0, 0.05) is 0 Å². The van der Waals surface area contributed by atoms with Crippen LogP contribution in [0.2, 0.25) is 0 Å². The van der Waals surface area contributed by atoms with Gasteiger partial charge in [-0.15, -0.1) is 0 Å². The van der Waals surface area contributed by atoms with Crippen molar-refractivity contribution in [3.63, 3.8) is 0 Å². The third-order valence-electron chi connectivity index (χ3n) is 1.80. The number of benzene rings is 1. The number of ether oxygens (including phenoxy) is 1. The van der Waals surface area contributed by atoms with Crippen LogP contribution in [0.5, 0.6) is 5.75 Å². The topological polar surface area (TPSA) is 26.3 Å². The van der Waals surface area contributed by atoms with Gasteiger partial charge in [-0.1, -0.05) is 18.2 Å². The van der Waals surface area contributed by atoms with Gasteiger partial charge >= 0.3 is 0 Å². The molecule has 0 N–H and O–H groups in total. The first kappa shape index (κ1) is 10.5. The molecule has 1 rings (SSSR count). The number of allylic oxidation sites excluding steroid dienone is 2. The van der Waals surface area contributed by atoms with Crippen LogP contribution in [0.4, 0.5) is 0 Å². The highest BCUT2D eigenvalue weighted by Gasteiger charge is 1.92. The molecule has 0 aromatic heterocycles. The first-order chi connectivity index (χ1) is 6.86. The zero-order chi connectivity index (χ0) is 10.2. The maximum Gasteiger partial charge on any atom is 0.142 e. The van der Waals surface area contributed by atoms with Crippen LogP contribution in [0.15, 0.2) is 36.4 Å². The largest absolute Gasteiger partial charge is 0.494 e. The molecular formula is C12H14O2. The molecule has 2 nitrogen and oxygen atoms in total. The molecule has 0 spiro atoms. The van der Waals surface area contributed by atoms with E-state index >= 15 is 0 Å². The normalized spacial score (nSPS) is 10.4. The fourth-order valence-electron chi connectivity index (χ4n) is 1.15. The van der Waals surface area contributed by atoms with Gasteiger partial charge in [-0.05, 0) is 37.1 Å². The van der Waals surface area contributed by atoms with Crippen LogP contribution in [-0.2, 0) is 11.2 Å².